The Kier molecular flexibility index (Phi) is 5.73. The van der Waals surface area contributed by atoms with Gasteiger partial charge in [-0.3, -0.25) is 15.0 Å². The van der Waals surface area contributed by atoms with Crippen LogP contribution in [-0.2, 0) is 0 Å². The summed E-state index contributed by atoms with van der Waals surface area (Å²) in [6.07, 6.45) is 0. The Morgan fingerprint density at radius 3 is 2.35 bits per heavy atom. The molecule has 1 N–H and O–H groups in total. The second-order valence-corrected chi connectivity index (χ2v) is 7.46. The zero-order valence-electron chi connectivity index (χ0n) is 16.8. The largest absolute Gasteiger partial charge is 0.497 e. The lowest BCUT2D eigenvalue weighted by atomic mass is 10.1. The Morgan fingerprint density at radius 2 is 1.65 bits per heavy atom. The van der Waals surface area contributed by atoms with E-state index in [1.807, 2.05) is 6.07 Å². The number of ether oxygens (including phenoxy) is 2. The molecule has 0 saturated carbocycles. The summed E-state index contributed by atoms with van der Waals surface area (Å²) in [4.78, 5) is 31.0. The van der Waals surface area contributed by atoms with E-state index >= 15 is 0 Å². The molecule has 4 rings (SSSR count). The first-order chi connectivity index (χ1) is 15.0. The van der Waals surface area contributed by atoms with Gasteiger partial charge in [-0.2, -0.15) is 4.68 Å². The van der Waals surface area contributed by atoms with Crippen LogP contribution in [0.1, 0.15) is 10.4 Å². The number of benzene rings is 3. The molecule has 0 aliphatic carbocycles. The van der Waals surface area contributed by atoms with E-state index in [-0.39, 0.29) is 5.56 Å². The first kappa shape index (κ1) is 20.6. The number of carbonyl (C=O) groups excluding carboxylic acids is 1. The summed E-state index contributed by atoms with van der Waals surface area (Å²) in [5.41, 5.74) is 3.81. The van der Waals surface area contributed by atoms with Crippen LogP contribution < -0.4 is 20.5 Å². The number of halogens is 1. The van der Waals surface area contributed by atoms with Crippen LogP contribution in [0.5, 0.6) is 11.5 Å². The number of aromatic nitrogens is 2. The zero-order valence-corrected chi connectivity index (χ0v) is 18.3. The molecular weight excluding hydrogens is 462 g/mol. The van der Waals surface area contributed by atoms with E-state index in [0.717, 1.165) is 0 Å². The highest BCUT2D eigenvalue weighted by atomic mass is 79.9. The quantitative estimate of drug-likeness (QED) is 0.463. The van der Waals surface area contributed by atoms with Gasteiger partial charge in [-0.25, -0.2) is 4.98 Å². The molecule has 4 aromatic rings. The Balaban J connectivity index is 1.86. The van der Waals surface area contributed by atoms with E-state index in [0.29, 0.717) is 43.8 Å². The molecule has 156 valence electrons. The van der Waals surface area contributed by atoms with Crippen molar-refractivity contribution in [3.63, 3.8) is 0 Å². The Bertz CT molecular complexity index is 1330. The minimum absolute atomic E-state index is 0.304. The van der Waals surface area contributed by atoms with E-state index in [4.69, 9.17) is 9.47 Å². The van der Waals surface area contributed by atoms with Gasteiger partial charge in [0.15, 0.2) is 5.82 Å². The van der Waals surface area contributed by atoms with Gasteiger partial charge in [0.1, 0.15) is 11.5 Å². The minimum atomic E-state index is -0.486. The average Bonchev–Trinajstić information content (AvgIpc) is 2.81. The second kappa shape index (κ2) is 8.61. The summed E-state index contributed by atoms with van der Waals surface area (Å²) in [7, 11) is 3.09. The van der Waals surface area contributed by atoms with Gasteiger partial charge in [-0.15, -0.1) is 0 Å². The van der Waals surface area contributed by atoms with Crippen molar-refractivity contribution in [1.82, 2.24) is 9.66 Å². The number of rotatable bonds is 5. The summed E-state index contributed by atoms with van der Waals surface area (Å²) in [6.45, 7) is 0. The highest BCUT2D eigenvalue weighted by Gasteiger charge is 2.18. The standard InChI is InChI=1S/C23H18BrN3O4/c1-30-15-9-7-14(8-10-15)21-25-20-6-4-3-5-17(20)23(29)27(21)26-22(28)18-13-16(31-2)11-12-19(18)24/h3-13H,1-2H3,(H,26,28). The molecule has 7 nitrogen and oxygen atoms in total. The van der Waals surface area contributed by atoms with Crippen molar-refractivity contribution in [3.05, 3.63) is 87.1 Å². The van der Waals surface area contributed by atoms with Gasteiger partial charge < -0.3 is 9.47 Å². The van der Waals surface area contributed by atoms with Crippen LogP contribution in [0.25, 0.3) is 22.3 Å². The van der Waals surface area contributed by atoms with Crippen LogP contribution in [0.2, 0.25) is 0 Å². The van der Waals surface area contributed by atoms with Gasteiger partial charge in [0.05, 0.1) is 30.7 Å². The number of fused-ring (bicyclic) bond motifs is 1. The maximum atomic E-state index is 13.3. The van der Waals surface area contributed by atoms with E-state index in [1.54, 1.807) is 67.8 Å². The molecule has 0 unspecified atom stereocenters. The highest BCUT2D eigenvalue weighted by molar-refractivity contribution is 9.10. The summed E-state index contributed by atoms with van der Waals surface area (Å²) in [5, 5.41) is 0.393. The van der Waals surface area contributed by atoms with Crippen LogP contribution in [0.3, 0.4) is 0 Å². The molecule has 0 aliphatic rings. The third-order valence-corrected chi connectivity index (χ3v) is 5.45. The van der Waals surface area contributed by atoms with E-state index in [9.17, 15) is 9.59 Å². The van der Waals surface area contributed by atoms with Crippen molar-refractivity contribution < 1.29 is 14.3 Å². The molecule has 3 aromatic carbocycles. The summed E-state index contributed by atoms with van der Waals surface area (Å²) in [5.74, 6) is 1.01. The van der Waals surface area contributed by atoms with E-state index < -0.39 is 5.91 Å². The molecule has 0 radical (unpaired) electrons. The van der Waals surface area contributed by atoms with Gasteiger partial charge >= 0.3 is 0 Å². The van der Waals surface area contributed by atoms with E-state index in [2.05, 4.69) is 26.3 Å². The number of carbonyl (C=O) groups is 1. The number of nitrogens with one attached hydrogen (secondary N) is 1. The fourth-order valence-corrected chi connectivity index (χ4v) is 3.56. The molecule has 8 heteroatoms. The van der Waals surface area contributed by atoms with E-state index in [1.165, 1.54) is 11.8 Å². The fourth-order valence-electron chi connectivity index (χ4n) is 3.14. The van der Waals surface area contributed by atoms with Crippen molar-refractivity contribution in [3.8, 4) is 22.9 Å². The topological polar surface area (TPSA) is 82.5 Å². The summed E-state index contributed by atoms with van der Waals surface area (Å²) < 4.78 is 12.2. The molecule has 0 bridgehead atoms. The molecule has 0 atom stereocenters. The molecule has 31 heavy (non-hydrogen) atoms. The lowest BCUT2D eigenvalue weighted by Gasteiger charge is -2.15. The number of hydrogen-bond donors (Lipinski definition) is 1. The number of nitrogens with zero attached hydrogens (tertiary/aromatic N) is 2. The molecule has 1 amide bonds. The highest BCUT2D eigenvalue weighted by Crippen LogP contribution is 2.24. The zero-order chi connectivity index (χ0) is 22.0. The molecule has 0 spiro atoms. The van der Waals surface area contributed by atoms with Gasteiger partial charge in [0, 0.05) is 10.0 Å². The first-order valence-corrected chi connectivity index (χ1v) is 10.1. The van der Waals surface area contributed by atoms with Gasteiger partial charge in [0.25, 0.3) is 11.5 Å². The number of amides is 1. The van der Waals surface area contributed by atoms with Gasteiger partial charge in [-0.1, -0.05) is 12.1 Å². The number of methoxy groups -OCH3 is 2. The Labute approximate surface area is 186 Å². The Morgan fingerprint density at radius 1 is 0.968 bits per heavy atom. The van der Waals surface area contributed by atoms with Gasteiger partial charge in [-0.05, 0) is 70.5 Å². The molecule has 0 saturated heterocycles. The van der Waals surface area contributed by atoms with Crippen LogP contribution in [-0.4, -0.2) is 29.8 Å². The predicted octanol–water partition coefficient (Wildman–Crippen LogP) is 4.23. The molecule has 1 heterocycles. The maximum absolute atomic E-state index is 13.3. The molecule has 1 aromatic heterocycles. The van der Waals surface area contributed by atoms with Crippen molar-refractivity contribution in [2.45, 2.75) is 0 Å². The monoisotopic (exact) mass is 479 g/mol. The smallest absolute Gasteiger partial charge is 0.280 e. The van der Waals surface area contributed by atoms with Crippen LogP contribution in [0.4, 0.5) is 0 Å². The van der Waals surface area contributed by atoms with Crippen molar-refractivity contribution in [2.75, 3.05) is 19.6 Å². The van der Waals surface area contributed by atoms with Crippen LogP contribution in [0.15, 0.2) is 76.0 Å². The van der Waals surface area contributed by atoms with Crippen molar-refractivity contribution in [2.24, 2.45) is 0 Å². The Hall–Kier alpha value is -3.65. The summed E-state index contributed by atoms with van der Waals surface area (Å²) in [6, 6.07) is 19.1. The van der Waals surface area contributed by atoms with Gasteiger partial charge in [0.2, 0.25) is 0 Å². The minimum Gasteiger partial charge on any atom is -0.497 e. The lowest BCUT2D eigenvalue weighted by Crippen LogP contribution is -2.35. The maximum Gasteiger partial charge on any atom is 0.280 e. The first-order valence-electron chi connectivity index (χ1n) is 9.33. The van der Waals surface area contributed by atoms with Crippen LogP contribution in [0, 0.1) is 0 Å². The third-order valence-electron chi connectivity index (χ3n) is 4.76. The SMILES string of the molecule is COc1ccc(-c2nc3ccccc3c(=O)n2NC(=O)c2cc(OC)ccc2Br)cc1. The predicted molar refractivity (Wildman–Crippen MR) is 122 cm³/mol. The van der Waals surface area contributed by atoms with Crippen molar-refractivity contribution in [1.29, 1.82) is 0 Å². The summed E-state index contributed by atoms with van der Waals surface area (Å²) >= 11 is 3.38. The molecular formula is C23H18BrN3O4. The average molecular weight is 480 g/mol. The molecule has 0 fully saturated rings. The second-order valence-electron chi connectivity index (χ2n) is 6.61. The molecule has 0 aliphatic heterocycles. The lowest BCUT2D eigenvalue weighted by molar-refractivity contribution is 0.101. The fraction of sp³-hybridized carbons (Fsp3) is 0.0870. The number of hydrogen-bond acceptors (Lipinski definition) is 5. The normalized spacial score (nSPS) is 10.7. The number of para-hydroxylation sites is 1. The van der Waals surface area contributed by atoms with Crippen LogP contribution >= 0.6 is 15.9 Å². The van der Waals surface area contributed by atoms with Crippen molar-refractivity contribution >= 4 is 32.7 Å². The third kappa shape index (κ3) is 4.02.